The van der Waals surface area contributed by atoms with Crippen LogP contribution >= 0.6 is 0 Å². The number of nitro groups is 1. The predicted molar refractivity (Wildman–Crippen MR) is 58.1 cm³/mol. The predicted octanol–water partition coefficient (Wildman–Crippen LogP) is 1.92. The van der Waals surface area contributed by atoms with E-state index in [4.69, 9.17) is 0 Å². The van der Waals surface area contributed by atoms with Crippen molar-refractivity contribution in [1.82, 2.24) is 10.2 Å². The van der Waals surface area contributed by atoms with Crippen molar-refractivity contribution in [2.45, 2.75) is 31.7 Å². The largest absolute Gasteiger partial charge is 0.374 e. The molecule has 3 rings (SSSR count). The smallest absolute Gasteiger partial charge is 0.366 e. The van der Waals surface area contributed by atoms with Gasteiger partial charge in [0.15, 0.2) is 5.69 Å². The zero-order chi connectivity index (χ0) is 11.1. The molecule has 0 saturated heterocycles. The van der Waals surface area contributed by atoms with Crippen LogP contribution in [0.2, 0.25) is 0 Å². The Bertz CT molecular complexity index is 397. The molecule has 2 aliphatic rings. The first kappa shape index (κ1) is 9.62. The average molecular weight is 222 g/mol. The van der Waals surface area contributed by atoms with Crippen molar-refractivity contribution in [2.75, 3.05) is 5.32 Å². The molecule has 2 saturated carbocycles. The van der Waals surface area contributed by atoms with Crippen molar-refractivity contribution in [3.05, 3.63) is 16.3 Å². The summed E-state index contributed by atoms with van der Waals surface area (Å²) < 4.78 is 0. The molecule has 1 heterocycles. The summed E-state index contributed by atoms with van der Waals surface area (Å²) in [5.41, 5.74) is 0.536. The van der Waals surface area contributed by atoms with Crippen molar-refractivity contribution in [3.8, 4) is 0 Å². The number of hydrogen-bond donors (Lipinski definition) is 2. The van der Waals surface area contributed by atoms with E-state index in [9.17, 15) is 10.1 Å². The lowest BCUT2D eigenvalue weighted by atomic mass is 10.1. The topological polar surface area (TPSA) is 83.8 Å². The van der Waals surface area contributed by atoms with Gasteiger partial charge in [-0.25, -0.2) is 0 Å². The van der Waals surface area contributed by atoms with Crippen LogP contribution in [0.1, 0.15) is 25.7 Å². The van der Waals surface area contributed by atoms with Gasteiger partial charge in [0, 0.05) is 6.04 Å². The molecule has 0 bridgehead atoms. The van der Waals surface area contributed by atoms with Gasteiger partial charge >= 0.3 is 5.82 Å². The van der Waals surface area contributed by atoms with E-state index in [1.807, 2.05) is 0 Å². The Kier molecular flexibility index (Phi) is 2.08. The summed E-state index contributed by atoms with van der Waals surface area (Å²) in [4.78, 5) is 10.3. The van der Waals surface area contributed by atoms with Gasteiger partial charge in [0.25, 0.3) is 0 Å². The first-order valence-corrected chi connectivity index (χ1v) is 5.70. The maximum atomic E-state index is 10.7. The third-order valence-corrected chi connectivity index (χ3v) is 3.38. The van der Waals surface area contributed by atoms with Crippen LogP contribution in [-0.2, 0) is 0 Å². The molecule has 0 unspecified atom stereocenters. The lowest BCUT2D eigenvalue weighted by molar-refractivity contribution is -0.388. The number of H-pyrrole nitrogens is 1. The van der Waals surface area contributed by atoms with E-state index < -0.39 is 4.92 Å². The van der Waals surface area contributed by atoms with Gasteiger partial charge in [-0.3, -0.25) is 0 Å². The molecule has 1 aromatic heterocycles. The SMILES string of the molecule is O=[N+]([O-])c1[nH]ncc1NC(C1CC1)C1CC1. The lowest BCUT2D eigenvalue weighted by Gasteiger charge is -2.17. The fraction of sp³-hybridized carbons (Fsp3) is 0.700. The van der Waals surface area contributed by atoms with Crippen molar-refractivity contribution in [3.63, 3.8) is 0 Å². The molecule has 2 N–H and O–H groups in total. The van der Waals surface area contributed by atoms with E-state index in [2.05, 4.69) is 15.5 Å². The zero-order valence-corrected chi connectivity index (χ0v) is 8.85. The summed E-state index contributed by atoms with van der Waals surface area (Å²) in [7, 11) is 0. The number of aromatic nitrogens is 2. The normalized spacial score (nSPS) is 20.1. The molecule has 0 spiro atoms. The van der Waals surface area contributed by atoms with Gasteiger partial charge in [-0.1, -0.05) is 5.10 Å². The van der Waals surface area contributed by atoms with Crippen LogP contribution in [0, 0.1) is 22.0 Å². The molecule has 0 amide bonds. The average Bonchev–Trinajstić information content (AvgIpc) is 3.14. The summed E-state index contributed by atoms with van der Waals surface area (Å²) in [5.74, 6) is 1.40. The van der Waals surface area contributed by atoms with Crippen LogP contribution in [-0.4, -0.2) is 21.2 Å². The van der Waals surface area contributed by atoms with Crippen molar-refractivity contribution >= 4 is 11.5 Å². The summed E-state index contributed by atoms with van der Waals surface area (Å²) in [6.45, 7) is 0. The number of hydrogen-bond acceptors (Lipinski definition) is 4. The molecule has 1 aromatic rings. The minimum atomic E-state index is -0.424. The standard InChI is InChI=1S/C10H14N4O2/c15-14(16)10-8(5-11-13-10)12-9(6-1-2-6)7-3-4-7/h5-7,9,12H,1-4H2,(H,11,13). The maximum absolute atomic E-state index is 10.7. The highest BCUT2D eigenvalue weighted by molar-refractivity contribution is 5.56. The van der Waals surface area contributed by atoms with Crippen molar-refractivity contribution in [1.29, 1.82) is 0 Å². The number of nitrogens with one attached hydrogen (secondary N) is 2. The number of aromatic amines is 1. The van der Waals surface area contributed by atoms with Crippen LogP contribution < -0.4 is 5.32 Å². The molecular weight excluding hydrogens is 208 g/mol. The monoisotopic (exact) mass is 222 g/mol. The van der Waals surface area contributed by atoms with E-state index >= 15 is 0 Å². The number of rotatable bonds is 5. The third kappa shape index (κ3) is 1.75. The molecule has 0 aromatic carbocycles. The Hall–Kier alpha value is -1.59. The Balaban J connectivity index is 1.76. The summed E-state index contributed by atoms with van der Waals surface area (Å²) in [5, 5.41) is 20.2. The molecule has 2 fully saturated rings. The van der Waals surface area contributed by atoms with Gasteiger partial charge in [-0.05, 0) is 42.4 Å². The fourth-order valence-electron chi connectivity index (χ4n) is 2.23. The summed E-state index contributed by atoms with van der Waals surface area (Å²) in [6.07, 6.45) is 6.51. The van der Waals surface area contributed by atoms with Gasteiger partial charge in [0.1, 0.15) is 6.20 Å². The Labute approximate surface area is 92.6 Å². The van der Waals surface area contributed by atoms with Crippen molar-refractivity contribution < 1.29 is 4.92 Å². The first-order chi connectivity index (χ1) is 7.75. The minimum Gasteiger partial charge on any atom is -0.374 e. The van der Waals surface area contributed by atoms with E-state index in [0.717, 1.165) is 0 Å². The van der Waals surface area contributed by atoms with E-state index in [-0.39, 0.29) is 5.82 Å². The Morgan fingerprint density at radius 1 is 1.44 bits per heavy atom. The van der Waals surface area contributed by atoms with Crippen molar-refractivity contribution in [2.24, 2.45) is 11.8 Å². The van der Waals surface area contributed by atoms with Crippen LogP contribution in [0.15, 0.2) is 6.20 Å². The summed E-state index contributed by atoms with van der Waals surface area (Å²) in [6, 6.07) is 0.413. The molecular formula is C10H14N4O2. The van der Waals surface area contributed by atoms with Crippen LogP contribution in [0.5, 0.6) is 0 Å². The van der Waals surface area contributed by atoms with Gasteiger partial charge in [-0.2, -0.15) is 0 Å². The zero-order valence-electron chi connectivity index (χ0n) is 8.85. The van der Waals surface area contributed by atoms with E-state index in [1.165, 1.54) is 31.9 Å². The van der Waals surface area contributed by atoms with E-state index in [0.29, 0.717) is 23.6 Å². The summed E-state index contributed by atoms with van der Waals surface area (Å²) >= 11 is 0. The van der Waals surface area contributed by atoms with Gasteiger partial charge < -0.3 is 15.4 Å². The Morgan fingerprint density at radius 2 is 2.06 bits per heavy atom. The molecule has 0 atom stereocenters. The molecule has 0 radical (unpaired) electrons. The van der Waals surface area contributed by atoms with Crippen LogP contribution in [0.3, 0.4) is 0 Å². The molecule has 0 aliphatic heterocycles. The number of anilines is 1. The second-order valence-electron chi connectivity index (χ2n) is 4.73. The van der Waals surface area contributed by atoms with Gasteiger partial charge in [-0.15, -0.1) is 5.10 Å². The molecule has 86 valence electrons. The van der Waals surface area contributed by atoms with Crippen LogP contribution in [0.4, 0.5) is 11.5 Å². The fourth-order valence-corrected chi connectivity index (χ4v) is 2.23. The quantitative estimate of drug-likeness (QED) is 0.588. The first-order valence-electron chi connectivity index (χ1n) is 5.70. The minimum absolute atomic E-state index is 0.0219. The van der Waals surface area contributed by atoms with Gasteiger partial charge in [0.05, 0.1) is 0 Å². The maximum Gasteiger partial charge on any atom is 0.366 e. The second kappa shape index (κ2) is 3.47. The molecule has 2 aliphatic carbocycles. The number of nitrogens with zero attached hydrogens (tertiary/aromatic N) is 2. The van der Waals surface area contributed by atoms with Gasteiger partial charge in [0.2, 0.25) is 0 Å². The third-order valence-electron chi connectivity index (χ3n) is 3.38. The molecule has 6 nitrogen and oxygen atoms in total. The molecule has 6 heteroatoms. The second-order valence-corrected chi connectivity index (χ2v) is 4.73. The highest BCUT2D eigenvalue weighted by atomic mass is 16.6. The molecule has 16 heavy (non-hydrogen) atoms. The highest BCUT2D eigenvalue weighted by Crippen LogP contribution is 2.46. The van der Waals surface area contributed by atoms with E-state index in [1.54, 1.807) is 0 Å². The highest BCUT2D eigenvalue weighted by Gasteiger charge is 2.42. The Morgan fingerprint density at radius 3 is 2.56 bits per heavy atom. The lowest BCUT2D eigenvalue weighted by Crippen LogP contribution is -2.24. The van der Waals surface area contributed by atoms with Crippen LogP contribution in [0.25, 0.3) is 0 Å².